The van der Waals surface area contributed by atoms with Crippen LogP contribution < -0.4 is 0 Å². The molecule has 0 aliphatic carbocycles. The number of rotatable bonds is 3. The maximum Gasteiger partial charge on any atom is 0.253 e. The lowest BCUT2D eigenvalue weighted by atomic mass is 10.1. The third-order valence-corrected chi connectivity index (χ3v) is 4.84. The molecule has 3 nitrogen and oxygen atoms in total. The SMILES string of the molecule is CN(CC1CCCCO1)C(=O)c1ccc(I)c(Cl)c1. The number of carbonyl (C=O) groups is 1. The molecule has 1 aliphatic rings. The number of hydrogen-bond donors (Lipinski definition) is 0. The number of halogens is 2. The summed E-state index contributed by atoms with van der Waals surface area (Å²) in [5, 5.41) is 0.619. The molecule has 0 aromatic heterocycles. The lowest BCUT2D eigenvalue weighted by molar-refractivity contribution is -0.000187. The maximum absolute atomic E-state index is 12.3. The van der Waals surface area contributed by atoms with Crippen molar-refractivity contribution in [2.45, 2.75) is 25.4 Å². The van der Waals surface area contributed by atoms with Gasteiger partial charge in [-0.1, -0.05) is 11.6 Å². The lowest BCUT2D eigenvalue weighted by Gasteiger charge is -2.27. The first-order valence-electron chi connectivity index (χ1n) is 6.40. The molecule has 2 rings (SSSR count). The first kappa shape index (κ1) is 15.1. The molecule has 1 aliphatic heterocycles. The fourth-order valence-corrected chi connectivity index (χ4v) is 2.71. The minimum absolute atomic E-state index is 0.00697. The topological polar surface area (TPSA) is 29.5 Å². The van der Waals surface area contributed by atoms with E-state index < -0.39 is 0 Å². The zero-order valence-corrected chi connectivity index (χ0v) is 13.8. The zero-order valence-electron chi connectivity index (χ0n) is 10.9. The van der Waals surface area contributed by atoms with E-state index in [0.29, 0.717) is 17.1 Å². The molecule has 1 heterocycles. The van der Waals surface area contributed by atoms with Crippen LogP contribution in [0.1, 0.15) is 29.6 Å². The minimum atomic E-state index is -0.00697. The molecule has 1 atom stereocenters. The third-order valence-electron chi connectivity index (χ3n) is 3.26. The zero-order chi connectivity index (χ0) is 13.8. The Hall–Kier alpha value is -0.330. The Morgan fingerprint density at radius 1 is 1.53 bits per heavy atom. The van der Waals surface area contributed by atoms with E-state index in [-0.39, 0.29) is 12.0 Å². The van der Waals surface area contributed by atoms with Crippen molar-refractivity contribution in [1.82, 2.24) is 4.90 Å². The van der Waals surface area contributed by atoms with Gasteiger partial charge in [-0.05, 0) is 60.1 Å². The van der Waals surface area contributed by atoms with E-state index in [2.05, 4.69) is 22.6 Å². The van der Waals surface area contributed by atoms with Crippen molar-refractivity contribution in [2.24, 2.45) is 0 Å². The van der Waals surface area contributed by atoms with E-state index >= 15 is 0 Å². The summed E-state index contributed by atoms with van der Waals surface area (Å²) < 4.78 is 6.61. The van der Waals surface area contributed by atoms with Crippen molar-refractivity contribution in [1.29, 1.82) is 0 Å². The van der Waals surface area contributed by atoms with Gasteiger partial charge in [0.2, 0.25) is 0 Å². The van der Waals surface area contributed by atoms with Crippen LogP contribution in [-0.4, -0.2) is 37.1 Å². The average molecular weight is 394 g/mol. The molecule has 0 saturated carbocycles. The van der Waals surface area contributed by atoms with E-state index in [1.54, 1.807) is 11.0 Å². The van der Waals surface area contributed by atoms with Gasteiger partial charge in [-0.3, -0.25) is 4.79 Å². The largest absolute Gasteiger partial charge is 0.376 e. The van der Waals surface area contributed by atoms with Crippen molar-refractivity contribution < 1.29 is 9.53 Å². The molecule has 1 fully saturated rings. The molecular formula is C14H17ClINO2. The highest BCUT2D eigenvalue weighted by Crippen LogP contribution is 2.21. The van der Waals surface area contributed by atoms with Gasteiger partial charge in [0.15, 0.2) is 0 Å². The molecule has 104 valence electrons. The van der Waals surface area contributed by atoms with E-state index in [1.165, 1.54) is 6.42 Å². The molecule has 1 aromatic carbocycles. The number of amides is 1. The molecule has 0 radical (unpaired) electrons. The molecule has 0 spiro atoms. The van der Waals surface area contributed by atoms with Gasteiger partial charge in [-0.15, -0.1) is 0 Å². The fourth-order valence-electron chi connectivity index (χ4n) is 2.19. The Balaban J connectivity index is 1.99. The number of hydrogen-bond acceptors (Lipinski definition) is 2. The molecule has 1 unspecified atom stereocenters. The van der Waals surface area contributed by atoms with Crippen molar-refractivity contribution in [3.63, 3.8) is 0 Å². The smallest absolute Gasteiger partial charge is 0.253 e. The second kappa shape index (κ2) is 6.90. The predicted octanol–water partition coefficient (Wildman–Crippen LogP) is 3.59. The Morgan fingerprint density at radius 2 is 2.32 bits per heavy atom. The maximum atomic E-state index is 12.3. The Bertz CT molecular complexity index is 461. The Morgan fingerprint density at radius 3 is 2.95 bits per heavy atom. The summed E-state index contributed by atoms with van der Waals surface area (Å²) in [6.45, 7) is 1.45. The van der Waals surface area contributed by atoms with E-state index in [1.807, 2.05) is 19.2 Å². The van der Waals surface area contributed by atoms with Crippen LogP contribution >= 0.6 is 34.2 Å². The van der Waals surface area contributed by atoms with Gasteiger partial charge < -0.3 is 9.64 Å². The lowest BCUT2D eigenvalue weighted by Crippen LogP contribution is -2.37. The Kier molecular flexibility index (Phi) is 5.47. The van der Waals surface area contributed by atoms with Gasteiger partial charge in [0.1, 0.15) is 0 Å². The van der Waals surface area contributed by atoms with Crippen LogP contribution in [0.2, 0.25) is 5.02 Å². The van der Waals surface area contributed by atoms with E-state index in [9.17, 15) is 4.79 Å². The molecule has 1 aromatic rings. The van der Waals surface area contributed by atoms with Crippen molar-refractivity contribution in [2.75, 3.05) is 20.2 Å². The quantitative estimate of drug-likeness (QED) is 0.735. The summed E-state index contributed by atoms with van der Waals surface area (Å²) in [4.78, 5) is 14.0. The molecule has 0 N–H and O–H groups in total. The Labute approximate surface area is 132 Å². The molecule has 0 bridgehead atoms. The highest BCUT2D eigenvalue weighted by Gasteiger charge is 2.20. The summed E-state index contributed by atoms with van der Waals surface area (Å²) in [7, 11) is 1.81. The minimum Gasteiger partial charge on any atom is -0.376 e. The summed E-state index contributed by atoms with van der Waals surface area (Å²) in [5.74, 6) is -0.00697. The second-order valence-corrected chi connectivity index (χ2v) is 6.37. The van der Waals surface area contributed by atoms with Crippen LogP contribution in [-0.2, 0) is 4.74 Å². The highest BCUT2D eigenvalue weighted by atomic mass is 127. The monoisotopic (exact) mass is 393 g/mol. The van der Waals surface area contributed by atoms with Crippen LogP contribution in [0.15, 0.2) is 18.2 Å². The number of benzene rings is 1. The summed E-state index contributed by atoms with van der Waals surface area (Å²) in [5.41, 5.74) is 0.628. The van der Waals surface area contributed by atoms with Crippen LogP contribution in [0.25, 0.3) is 0 Å². The van der Waals surface area contributed by atoms with Crippen molar-refractivity contribution in [3.05, 3.63) is 32.4 Å². The predicted molar refractivity (Wildman–Crippen MR) is 84.7 cm³/mol. The van der Waals surface area contributed by atoms with Crippen LogP contribution in [0.3, 0.4) is 0 Å². The van der Waals surface area contributed by atoms with E-state index in [4.69, 9.17) is 16.3 Å². The summed E-state index contributed by atoms with van der Waals surface area (Å²) in [6, 6.07) is 5.40. The highest BCUT2D eigenvalue weighted by molar-refractivity contribution is 14.1. The number of likely N-dealkylation sites (N-methyl/N-ethyl adjacent to an activating group) is 1. The number of nitrogens with zero attached hydrogens (tertiary/aromatic N) is 1. The molecule has 1 amide bonds. The number of carbonyl (C=O) groups excluding carboxylic acids is 1. The molecule has 5 heteroatoms. The van der Waals surface area contributed by atoms with Gasteiger partial charge in [-0.2, -0.15) is 0 Å². The first-order valence-corrected chi connectivity index (χ1v) is 7.85. The number of ether oxygens (including phenoxy) is 1. The standard InChI is InChI=1S/C14H17ClINO2/c1-17(9-11-4-2-3-7-19-11)14(18)10-5-6-13(16)12(15)8-10/h5-6,8,11H,2-4,7,9H2,1H3. The average Bonchev–Trinajstić information content (AvgIpc) is 2.42. The van der Waals surface area contributed by atoms with Crippen LogP contribution in [0.5, 0.6) is 0 Å². The van der Waals surface area contributed by atoms with Gasteiger partial charge in [0.25, 0.3) is 5.91 Å². The summed E-state index contributed by atoms with van der Waals surface area (Å²) >= 11 is 8.20. The van der Waals surface area contributed by atoms with E-state index in [0.717, 1.165) is 23.0 Å². The van der Waals surface area contributed by atoms with Crippen molar-refractivity contribution >= 4 is 40.1 Å². The normalized spacial score (nSPS) is 19.2. The second-order valence-electron chi connectivity index (χ2n) is 4.80. The van der Waals surface area contributed by atoms with Crippen LogP contribution in [0.4, 0.5) is 0 Å². The van der Waals surface area contributed by atoms with Gasteiger partial charge >= 0.3 is 0 Å². The molecule has 19 heavy (non-hydrogen) atoms. The van der Waals surface area contributed by atoms with Gasteiger partial charge in [0, 0.05) is 29.3 Å². The summed E-state index contributed by atoms with van der Waals surface area (Å²) in [6.07, 6.45) is 3.51. The fraction of sp³-hybridized carbons (Fsp3) is 0.500. The third kappa shape index (κ3) is 4.07. The first-order chi connectivity index (χ1) is 9.08. The molecular weight excluding hydrogens is 377 g/mol. The molecule has 1 saturated heterocycles. The van der Waals surface area contributed by atoms with Gasteiger partial charge in [0.05, 0.1) is 11.1 Å². The van der Waals surface area contributed by atoms with Gasteiger partial charge in [-0.25, -0.2) is 0 Å². The van der Waals surface area contributed by atoms with Crippen LogP contribution in [0, 0.1) is 3.57 Å². The van der Waals surface area contributed by atoms with Crippen molar-refractivity contribution in [3.8, 4) is 0 Å².